The van der Waals surface area contributed by atoms with Crippen LogP contribution in [0.15, 0.2) is 24.3 Å². The average molecular weight is 326 g/mol. The summed E-state index contributed by atoms with van der Waals surface area (Å²) in [6.45, 7) is 3.90. The molecule has 1 aliphatic rings. The Morgan fingerprint density at radius 1 is 1.42 bits per heavy atom. The number of alkyl halides is 1. The second kappa shape index (κ2) is 6.42. The van der Waals surface area contributed by atoms with Crippen LogP contribution in [0.1, 0.15) is 18.9 Å². The van der Waals surface area contributed by atoms with E-state index < -0.39 is 0 Å². The van der Waals surface area contributed by atoms with E-state index in [2.05, 4.69) is 22.9 Å². The van der Waals surface area contributed by atoms with Crippen molar-refractivity contribution in [2.45, 2.75) is 24.6 Å². The molecular weight excluding hydrogens is 306 g/mol. The Kier molecular flexibility index (Phi) is 4.86. The van der Waals surface area contributed by atoms with E-state index in [9.17, 15) is 4.79 Å². The minimum Gasteiger partial charge on any atom is -0.497 e. The van der Waals surface area contributed by atoms with Crippen LogP contribution in [0, 0.1) is 5.92 Å². The van der Waals surface area contributed by atoms with Crippen LogP contribution in [0.5, 0.6) is 5.75 Å². The predicted molar refractivity (Wildman–Crippen MR) is 79.8 cm³/mol. The smallest absolute Gasteiger partial charge is 0.226 e. The lowest BCUT2D eigenvalue weighted by Gasteiger charge is -2.34. The van der Waals surface area contributed by atoms with Crippen molar-refractivity contribution < 1.29 is 9.53 Å². The van der Waals surface area contributed by atoms with E-state index in [1.54, 1.807) is 7.11 Å². The molecule has 1 aromatic carbocycles. The molecule has 2 rings (SSSR count). The lowest BCUT2D eigenvalue weighted by Crippen LogP contribution is -2.43. The summed E-state index contributed by atoms with van der Waals surface area (Å²) in [6, 6.07) is 7.71. The van der Waals surface area contributed by atoms with Gasteiger partial charge >= 0.3 is 0 Å². The lowest BCUT2D eigenvalue weighted by molar-refractivity contribution is -0.132. The van der Waals surface area contributed by atoms with Gasteiger partial charge in [0.15, 0.2) is 0 Å². The van der Waals surface area contributed by atoms with Crippen LogP contribution in [0.3, 0.4) is 0 Å². The van der Waals surface area contributed by atoms with Gasteiger partial charge in [0.25, 0.3) is 0 Å². The molecule has 1 heterocycles. The molecular formula is C15H20BrNO2. The molecule has 0 saturated carbocycles. The van der Waals surface area contributed by atoms with Crippen molar-refractivity contribution >= 4 is 21.8 Å². The summed E-state index contributed by atoms with van der Waals surface area (Å²) in [5, 5.41) is 0. The molecule has 19 heavy (non-hydrogen) atoms. The van der Waals surface area contributed by atoms with Gasteiger partial charge in [-0.15, -0.1) is 0 Å². The van der Waals surface area contributed by atoms with Gasteiger partial charge in [0.2, 0.25) is 5.91 Å². The van der Waals surface area contributed by atoms with Crippen LogP contribution in [0.2, 0.25) is 0 Å². The number of carbonyl (C=O) groups is 1. The minimum absolute atomic E-state index is 0.219. The van der Waals surface area contributed by atoms with Gasteiger partial charge in [-0.1, -0.05) is 35.0 Å². The third-order valence-corrected chi connectivity index (χ3v) is 5.03. The zero-order valence-corrected chi connectivity index (χ0v) is 13.0. The Bertz CT molecular complexity index is 432. The molecule has 1 fully saturated rings. The molecule has 104 valence electrons. The van der Waals surface area contributed by atoms with Gasteiger partial charge in [0.1, 0.15) is 5.75 Å². The SMILES string of the molecule is COc1ccc(CC(=O)N2CCC(Br)C(C)C2)cc1. The molecule has 0 spiro atoms. The Hall–Kier alpha value is -1.03. The molecule has 4 heteroatoms. The van der Waals surface area contributed by atoms with Gasteiger partial charge in [0.05, 0.1) is 13.5 Å². The van der Waals surface area contributed by atoms with Crippen molar-refractivity contribution in [3.8, 4) is 5.75 Å². The number of amides is 1. The van der Waals surface area contributed by atoms with Crippen LogP contribution in [-0.4, -0.2) is 35.8 Å². The van der Waals surface area contributed by atoms with Gasteiger partial charge < -0.3 is 9.64 Å². The maximum absolute atomic E-state index is 12.3. The van der Waals surface area contributed by atoms with Crippen molar-refractivity contribution in [2.24, 2.45) is 5.92 Å². The summed E-state index contributed by atoms with van der Waals surface area (Å²) < 4.78 is 5.12. The number of hydrogen-bond donors (Lipinski definition) is 0. The molecule has 0 bridgehead atoms. The summed E-state index contributed by atoms with van der Waals surface area (Å²) >= 11 is 3.66. The van der Waals surface area contributed by atoms with Crippen molar-refractivity contribution in [1.29, 1.82) is 0 Å². The first-order valence-electron chi connectivity index (χ1n) is 6.65. The highest BCUT2D eigenvalue weighted by Crippen LogP contribution is 2.24. The van der Waals surface area contributed by atoms with Gasteiger partial charge in [-0.05, 0) is 30.0 Å². The Balaban J connectivity index is 1.93. The first-order valence-corrected chi connectivity index (χ1v) is 7.56. The summed E-state index contributed by atoms with van der Waals surface area (Å²) in [6.07, 6.45) is 1.51. The highest BCUT2D eigenvalue weighted by Gasteiger charge is 2.26. The van der Waals surface area contributed by atoms with Gasteiger partial charge in [-0.25, -0.2) is 0 Å². The molecule has 0 aromatic heterocycles. The Morgan fingerprint density at radius 3 is 2.68 bits per heavy atom. The zero-order valence-electron chi connectivity index (χ0n) is 11.4. The van der Waals surface area contributed by atoms with E-state index in [1.807, 2.05) is 29.2 Å². The maximum Gasteiger partial charge on any atom is 0.226 e. The maximum atomic E-state index is 12.3. The number of ether oxygens (including phenoxy) is 1. The molecule has 1 aromatic rings. The zero-order chi connectivity index (χ0) is 13.8. The molecule has 0 aliphatic carbocycles. The summed E-state index contributed by atoms with van der Waals surface area (Å²) in [5.41, 5.74) is 1.04. The quantitative estimate of drug-likeness (QED) is 0.800. The largest absolute Gasteiger partial charge is 0.497 e. The van der Waals surface area contributed by atoms with Crippen molar-refractivity contribution in [3.05, 3.63) is 29.8 Å². The predicted octanol–water partition coefficient (Wildman–Crippen LogP) is 2.87. The third kappa shape index (κ3) is 3.72. The molecule has 2 unspecified atom stereocenters. The van der Waals surface area contributed by atoms with Crippen LogP contribution in [0.4, 0.5) is 0 Å². The monoisotopic (exact) mass is 325 g/mol. The van der Waals surface area contributed by atoms with Crippen LogP contribution >= 0.6 is 15.9 Å². The first kappa shape index (κ1) is 14.4. The van der Waals surface area contributed by atoms with E-state index in [1.165, 1.54) is 0 Å². The van der Waals surface area contributed by atoms with E-state index >= 15 is 0 Å². The topological polar surface area (TPSA) is 29.5 Å². The highest BCUT2D eigenvalue weighted by atomic mass is 79.9. The van der Waals surface area contributed by atoms with Crippen molar-refractivity contribution in [1.82, 2.24) is 4.90 Å². The number of piperidine rings is 1. The average Bonchev–Trinajstić information content (AvgIpc) is 2.42. The second-order valence-corrected chi connectivity index (χ2v) is 6.32. The molecule has 0 radical (unpaired) electrons. The number of likely N-dealkylation sites (tertiary alicyclic amines) is 1. The van der Waals surface area contributed by atoms with E-state index in [-0.39, 0.29) is 5.91 Å². The normalized spacial score (nSPS) is 23.2. The molecule has 1 amide bonds. The summed E-state index contributed by atoms with van der Waals surface area (Å²) in [7, 11) is 1.64. The molecule has 2 atom stereocenters. The molecule has 3 nitrogen and oxygen atoms in total. The van der Waals surface area contributed by atoms with E-state index in [4.69, 9.17) is 4.74 Å². The molecule has 1 aliphatic heterocycles. The molecule has 0 N–H and O–H groups in total. The summed E-state index contributed by atoms with van der Waals surface area (Å²) in [4.78, 5) is 14.8. The van der Waals surface area contributed by atoms with Gasteiger partial charge in [-0.2, -0.15) is 0 Å². The lowest BCUT2D eigenvalue weighted by atomic mass is 9.99. The standard InChI is InChI=1S/C15H20BrNO2/c1-11-10-17(8-7-14(11)16)15(18)9-12-3-5-13(19-2)6-4-12/h3-6,11,14H,7-10H2,1-2H3. The van der Waals surface area contributed by atoms with Crippen LogP contribution in [-0.2, 0) is 11.2 Å². The fraction of sp³-hybridized carbons (Fsp3) is 0.533. The number of nitrogens with zero attached hydrogens (tertiary/aromatic N) is 1. The van der Waals surface area contributed by atoms with Gasteiger partial charge in [0, 0.05) is 17.9 Å². The van der Waals surface area contributed by atoms with Crippen LogP contribution in [0.25, 0.3) is 0 Å². The number of benzene rings is 1. The van der Waals surface area contributed by atoms with Crippen molar-refractivity contribution in [3.63, 3.8) is 0 Å². The number of rotatable bonds is 3. The van der Waals surface area contributed by atoms with Crippen molar-refractivity contribution in [2.75, 3.05) is 20.2 Å². The fourth-order valence-electron chi connectivity index (χ4n) is 2.37. The summed E-state index contributed by atoms with van der Waals surface area (Å²) in [5.74, 6) is 1.56. The van der Waals surface area contributed by atoms with E-state index in [0.717, 1.165) is 30.8 Å². The number of hydrogen-bond acceptors (Lipinski definition) is 2. The Morgan fingerprint density at radius 2 is 2.11 bits per heavy atom. The second-order valence-electron chi connectivity index (χ2n) is 5.15. The van der Waals surface area contributed by atoms with E-state index in [0.29, 0.717) is 17.2 Å². The Labute approximate surface area is 123 Å². The minimum atomic E-state index is 0.219. The number of methoxy groups -OCH3 is 1. The van der Waals surface area contributed by atoms with Crippen LogP contribution < -0.4 is 4.74 Å². The number of halogens is 1. The highest BCUT2D eigenvalue weighted by molar-refractivity contribution is 9.09. The third-order valence-electron chi connectivity index (χ3n) is 3.67. The van der Waals surface area contributed by atoms with Gasteiger partial charge in [-0.3, -0.25) is 4.79 Å². The number of carbonyl (C=O) groups excluding carboxylic acids is 1. The molecule has 1 saturated heterocycles. The first-order chi connectivity index (χ1) is 9.10. The fourth-order valence-corrected chi connectivity index (χ4v) is 2.75.